The molecule has 0 fully saturated rings. The third-order valence-electron chi connectivity index (χ3n) is 2.02. The molecule has 0 radical (unpaired) electrons. The van der Waals surface area contributed by atoms with Crippen molar-refractivity contribution >= 4 is 15.8 Å². The van der Waals surface area contributed by atoms with Crippen LogP contribution in [0.5, 0.6) is 0 Å². The zero-order valence-corrected chi connectivity index (χ0v) is 10.3. The first kappa shape index (κ1) is 12.9. The fraction of sp³-hybridized carbons (Fsp3) is 0.500. The highest BCUT2D eigenvalue weighted by Gasteiger charge is 2.04. The van der Waals surface area contributed by atoms with Gasteiger partial charge in [0.25, 0.3) is 0 Å². The number of nitrogens with zero attached hydrogens (tertiary/aromatic N) is 1. The summed E-state index contributed by atoms with van der Waals surface area (Å²) in [5.41, 5.74) is 0.930. The Labute approximate surface area is 96.3 Å². The molecule has 0 aromatic carbocycles. The number of nitrogens with one attached hydrogen (secondary N) is 2. The van der Waals surface area contributed by atoms with Crippen LogP contribution >= 0.6 is 0 Å². The molecule has 1 heterocycles. The molecule has 1 aromatic heterocycles. The van der Waals surface area contributed by atoms with Crippen molar-refractivity contribution in [3.63, 3.8) is 0 Å². The van der Waals surface area contributed by atoms with Crippen LogP contribution < -0.4 is 10.0 Å². The van der Waals surface area contributed by atoms with E-state index >= 15 is 0 Å². The minimum absolute atomic E-state index is 0.107. The molecule has 0 aliphatic rings. The van der Waals surface area contributed by atoms with E-state index in [0.717, 1.165) is 11.5 Å². The van der Waals surface area contributed by atoms with Crippen LogP contribution in [0.25, 0.3) is 0 Å². The maximum Gasteiger partial charge on any atom is 0.211 e. The van der Waals surface area contributed by atoms with E-state index in [2.05, 4.69) is 15.0 Å². The highest BCUT2D eigenvalue weighted by atomic mass is 32.2. The van der Waals surface area contributed by atoms with Crippen molar-refractivity contribution in [3.05, 3.63) is 23.9 Å². The topological polar surface area (TPSA) is 71.1 Å². The molecule has 5 nitrogen and oxygen atoms in total. The lowest BCUT2D eigenvalue weighted by Gasteiger charge is -2.07. The molecule has 1 rings (SSSR count). The molecule has 0 aliphatic heterocycles. The number of sulfonamides is 1. The van der Waals surface area contributed by atoms with Gasteiger partial charge in [0.05, 0.1) is 5.75 Å². The van der Waals surface area contributed by atoms with Gasteiger partial charge in [0.2, 0.25) is 10.0 Å². The smallest absolute Gasteiger partial charge is 0.211 e. The summed E-state index contributed by atoms with van der Waals surface area (Å²) in [6.45, 7) is 4.41. The normalized spacial score (nSPS) is 11.4. The van der Waals surface area contributed by atoms with Gasteiger partial charge in [0.1, 0.15) is 5.82 Å². The molecule has 0 saturated carbocycles. The van der Waals surface area contributed by atoms with Crippen LogP contribution in [0.1, 0.15) is 12.6 Å². The van der Waals surface area contributed by atoms with Crippen molar-refractivity contribution in [2.45, 2.75) is 13.8 Å². The van der Waals surface area contributed by atoms with Gasteiger partial charge in [0.15, 0.2) is 0 Å². The minimum Gasteiger partial charge on any atom is -0.369 e. The van der Waals surface area contributed by atoms with E-state index in [1.54, 1.807) is 6.92 Å². The summed E-state index contributed by atoms with van der Waals surface area (Å²) in [6, 6.07) is 5.66. The van der Waals surface area contributed by atoms with Crippen LogP contribution in [0.3, 0.4) is 0 Å². The van der Waals surface area contributed by atoms with Gasteiger partial charge in [-0.05, 0) is 26.0 Å². The van der Waals surface area contributed by atoms with E-state index in [-0.39, 0.29) is 5.75 Å². The molecule has 0 aliphatic carbocycles. The molecular weight excluding hydrogens is 226 g/mol. The van der Waals surface area contributed by atoms with Crippen LogP contribution in [-0.2, 0) is 10.0 Å². The molecule has 0 amide bonds. The number of hydrogen-bond acceptors (Lipinski definition) is 4. The van der Waals surface area contributed by atoms with E-state index < -0.39 is 10.0 Å². The second kappa shape index (κ2) is 5.81. The molecule has 6 heteroatoms. The molecule has 0 spiro atoms. The monoisotopic (exact) mass is 243 g/mol. The van der Waals surface area contributed by atoms with Crippen molar-refractivity contribution in [3.8, 4) is 0 Å². The Balaban J connectivity index is 2.32. The first-order valence-corrected chi connectivity index (χ1v) is 6.83. The highest BCUT2D eigenvalue weighted by molar-refractivity contribution is 7.89. The van der Waals surface area contributed by atoms with Crippen LogP contribution in [0.15, 0.2) is 18.2 Å². The summed E-state index contributed by atoms with van der Waals surface area (Å²) < 4.78 is 24.7. The standard InChI is InChI=1S/C10H17N3O2S/c1-3-16(14,15)12-8-7-11-10-6-4-5-9(2)13-10/h4-6,12H,3,7-8H2,1-2H3,(H,11,13). The van der Waals surface area contributed by atoms with Crippen LogP contribution in [0.2, 0.25) is 0 Å². The van der Waals surface area contributed by atoms with Gasteiger partial charge in [-0.25, -0.2) is 18.1 Å². The van der Waals surface area contributed by atoms with Gasteiger partial charge in [-0.3, -0.25) is 0 Å². The number of anilines is 1. The van der Waals surface area contributed by atoms with Gasteiger partial charge in [-0.1, -0.05) is 6.07 Å². The molecule has 0 bridgehead atoms. The predicted molar refractivity (Wildman–Crippen MR) is 64.9 cm³/mol. The summed E-state index contributed by atoms with van der Waals surface area (Å²) in [5.74, 6) is 0.867. The molecular formula is C10H17N3O2S. The molecule has 2 N–H and O–H groups in total. The van der Waals surface area contributed by atoms with Crippen LogP contribution in [0.4, 0.5) is 5.82 Å². The summed E-state index contributed by atoms with van der Waals surface area (Å²) >= 11 is 0. The largest absolute Gasteiger partial charge is 0.369 e. The lowest BCUT2D eigenvalue weighted by Crippen LogP contribution is -2.30. The maximum atomic E-state index is 11.1. The Kier molecular flexibility index (Phi) is 4.70. The third kappa shape index (κ3) is 4.59. The zero-order chi connectivity index (χ0) is 12.0. The molecule has 16 heavy (non-hydrogen) atoms. The van der Waals surface area contributed by atoms with Crippen molar-refractivity contribution in [1.29, 1.82) is 0 Å². The minimum atomic E-state index is -3.09. The lowest BCUT2D eigenvalue weighted by molar-refractivity contribution is 0.584. The van der Waals surface area contributed by atoms with Gasteiger partial charge in [-0.2, -0.15) is 0 Å². The number of hydrogen-bond donors (Lipinski definition) is 2. The third-order valence-corrected chi connectivity index (χ3v) is 3.43. The molecule has 0 saturated heterocycles. The summed E-state index contributed by atoms with van der Waals surface area (Å²) in [4.78, 5) is 4.24. The average molecular weight is 243 g/mol. The second-order valence-corrected chi connectivity index (χ2v) is 5.48. The number of rotatable bonds is 6. The maximum absolute atomic E-state index is 11.1. The Hall–Kier alpha value is -1.14. The van der Waals surface area contributed by atoms with Crippen molar-refractivity contribution in [2.24, 2.45) is 0 Å². The Morgan fingerprint density at radius 1 is 1.31 bits per heavy atom. The first-order valence-electron chi connectivity index (χ1n) is 5.18. The Morgan fingerprint density at radius 3 is 2.69 bits per heavy atom. The van der Waals surface area contributed by atoms with Crippen molar-refractivity contribution in [2.75, 3.05) is 24.2 Å². The Morgan fingerprint density at radius 2 is 2.06 bits per heavy atom. The highest BCUT2D eigenvalue weighted by Crippen LogP contribution is 2.02. The van der Waals surface area contributed by atoms with Gasteiger partial charge < -0.3 is 5.32 Å². The molecule has 0 atom stereocenters. The summed E-state index contributed by atoms with van der Waals surface area (Å²) in [6.07, 6.45) is 0. The average Bonchev–Trinajstić information content (AvgIpc) is 2.25. The van der Waals surface area contributed by atoms with E-state index in [1.165, 1.54) is 0 Å². The Bertz CT molecular complexity index is 431. The van der Waals surface area contributed by atoms with Crippen LogP contribution in [-0.4, -0.2) is 32.2 Å². The van der Waals surface area contributed by atoms with Gasteiger partial charge >= 0.3 is 0 Å². The molecule has 90 valence electrons. The predicted octanol–water partition coefficient (Wildman–Crippen LogP) is 0.741. The van der Waals surface area contributed by atoms with Gasteiger partial charge in [-0.15, -0.1) is 0 Å². The number of aromatic nitrogens is 1. The second-order valence-electron chi connectivity index (χ2n) is 3.39. The molecule has 0 unspecified atom stereocenters. The van der Waals surface area contributed by atoms with Gasteiger partial charge in [0, 0.05) is 18.8 Å². The first-order chi connectivity index (χ1) is 7.53. The SMILES string of the molecule is CCS(=O)(=O)NCCNc1cccc(C)n1. The van der Waals surface area contributed by atoms with E-state index in [1.807, 2.05) is 25.1 Å². The summed E-state index contributed by atoms with van der Waals surface area (Å²) in [7, 11) is -3.09. The fourth-order valence-electron chi connectivity index (χ4n) is 1.14. The van der Waals surface area contributed by atoms with Crippen LogP contribution in [0, 0.1) is 6.92 Å². The van der Waals surface area contributed by atoms with Crippen molar-refractivity contribution < 1.29 is 8.42 Å². The zero-order valence-electron chi connectivity index (χ0n) is 9.53. The van der Waals surface area contributed by atoms with Crippen molar-refractivity contribution in [1.82, 2.24) is 9.71 Å². The van der Waals surface area contributed by atoms with E-state index in [4.69, 9.17) is 0 Å². The quantitative estimate of drug-likeness (QED) is 0.723. The number of pyridine rings is 1. The van der Waals surface area contributed by atoms with E-state index in [9.17, 15) is 8.42 Å². The lowest BCUT2D eigenvalue weighted by atomic mass is 10.4. The fourth-order valence-corrected chi connectivity index (χ4v) is 1.76. The number of aryl methyl sites for hydroxylation is 1. The molecule has 1 aromatic rings. The summed E-state index contributed by atoms with van der Waals surface area (Å²) in [5, 5.41) is 3.04. The van der Waals surface area contributed by atoms with E-state index in [0.29, 0.717) is 13.1 Å².